The van der Waals surface area contributed by atoms with E-state index in [1.807, 2.05) is 16.8 Å². The van der Waals surface area contributed by atoms with Crippen LogP contribution in [0, 0.1) is 0 Å². The second-order valence-electron chi connectivity index (χ2n) is 16.0. The van der Waals surface area contributed by atoms with E-state index < -0.39 is 0 Å². The van der Waals surface area contributed by atoms with Crippen LogP contribution in [0.2, 0.25) is 0 Å². The van der Waals surface area contributed by atoms with Crippen molar-refractivity contribution in [2.24, 2.45) is 0 Å². The van der Waals surface area contributed by atoms with Gasteiger partial charge in [-0.3, -0.25) is 0 Å². The summed E-state index contributed by atoms with van der Waals surface area (Å²) < 4.78 is 6.38. The van der Waals surface area contributed by atoms with Crippen molar-refractivity contribution >= 4 is 108 Å². The van der Waals surface area contributed by atoms with Crippen LogP contribution in [0.15, 0.2) is 163 Å². The van der Waals surface area contributed by atoms with Crippen molar-refractivity contribution < 1.29 is 0 Å². The molecule has 0 fully saturated rings. The normalized spacial score (nSPS) is 13.6. The molecule has 268 valence electrons. The van der Waals surface area contributed by atoms with Gasteiger partial charge in [0.2, 0.25) is 0 Å². The van der Waals surface area contributed by atoms with Gasteiger partial charge in [0.25, 0.3) is 0 Å². The van der Waals surface area contributed by atoms with E-state index in [1.54, 1.807) is 11.3 Å². The van der Waals surface area contributed by atoms with Crippen LogP contribution < -0.4 is 4.90 Å². The lowest BCUT2D eigenvalue weighted by atomic mass is 9.82. The molecule has 0 radical (unpaired) electrons. The third kappa shape index (κ3) is 4.22. The van der Waals surface area contributed by atoms with E-state index in [0.29, 0.717) is 0 Å². The summed E-state index contributed by atoms with van der Waals surface area (Å²) in [6.45, 7) is 4.73. The van der Waals surface area contributed by atoms with E-state index in [4.69, 9.17) is 4.98 Å². The number of thiazole rings is 1. The van der Waals surface area contributed by atoms with Crippen LogP contribution in [0.5, 0.6) is 0 Å². The van der Waals surface area contributed by atoms with Gasteiger partial charge in [-0.05, 0) is 94.0 Å². The standard InChI is InChI=1S/C52H33N3S2/c1-52(2)42-15-6-3-10-35(42)36-24-22-33(27-43(36)52)54(31-20-18-30(19-21-31)34-13-9-14-39-38-12-5-8-17-47(38)57-50(34)39)32-23-25-46-41(26-32)48-49-40(28-44-51(48)56-29-53-44)37-11-4-7-16-45(37)55(46)49/h3-29H,1-2H3. The number of hydrogen-bond donors (Lipinski definition) is 0. The largest absolute Gasteiger partial charge is 0.310 e. The van der Waals surface area contributed by atoms with Crippen LogP contribution in [0.25, 0.3) is 90.7 Å². The molecule has 0 amide bonds. The molecule has 0 saturated heterocycles. The Kier molecular flexibility index (Phi) is 6.27. The summed E-state index contributed by atoms with van der Waals surface area (Å²) in [4.78, 5) is 7.30. The van der Waals surface area contributed by atoms with Gasteiger partial charge in [-0.2, -0.15) is 0 Å². The van der Waals surface area contributed by atoms with Gasteiger partial charge in [-0.25, -0.2) is 4.98 Å². The second kappa shape index (κ2) is 11.3. The van der Waals surface area contributed by atoms with Crippen LogP contribution in [-0.4, -0.2) is 9.38 Å². The minimum Gasteiger partial charge on any atom is -0.310 e. The van der Waals surface area contributed by atoms with E-state index >= 15 is 0 Å². The van der Waals surface area contributed by atoms with Crippen LogP contribution in [0.1, 0.15) is 25.0 Å². The van der Waals surface area contributed by atoms with Crippen molar-refractivity contribution in [1.82, 2.24) is 9.38 Å². The molecule has 12 aromatic rings. The van der Waals surface area contributed by atoms with Gasteiger partial charge in [0, 0.05) is 64.2 Å². The molecule has 0 bridgehead atoms. The van der Waals surface area contributed by atoms with Crippen LogP contribution in [0.4, 0.5) is 17.1 Å². The molecule has 5 heteroatoms. The highest BCUT2D eigenvalue weighted by molar-refractivity contribution is 7.26. The number of nitrogens with zero attached hydrogens (tertiary/aromatic N) is 3. The zero-order valence-electron chi connectivity index (χ0n) is 31.2. The lowest BCUT2D eigenvalue weighted by molar-refractivity contribution is 0.660. The second-order valence-corrected chi connectivity index (χ2v) is 17.9. The van der Waals surface area contributed by atoms with Gasteiger partial charge in [0.1, 0.15) is 0 Å². The molecule has 1 aliphatic carbocycles. The molecule has 1 aliphatic rings. The molecule has 3 nitrogen and oxygen atoms in total. The summed E-state index contributed by atoms with van der Waals surface area (Å²) in [6.07, 6.45) is 0. The molecule has 4 aromatic heterocycles. The average Bonchev–Trinajstić information content (AvgIpc) is 4.06. The first-order valence-corrected chi connectivity index (χ1v) is 21.2. The molecular weight excluding hydrogens is 731 g/mol. The quantitative estimate of drug-likeness (QED) is 0.178. The fourth-order valence-corrected chi connectivity index (χ4v) is 12.1. The highest BCUT2D eigenvalue weighted by Crippen LogP contribution is 2.52. The molecule has 0 saturated carbocycles. The molecule has 0 N–H and O–H groups in total. The number of hydrogen-bond acceptors (Lipinski definition) is 4. The molecule has 0 unspecified atom stereocenters. The molecule has 57 heavy (non-hydrogen) atoms. The van der Waals surface area contributed by atoms with Gasteiger partial charge in [-0.1, -0.05) is 111 Å². The molecule has 0 aliphatic heterocycles. The Labute approximate surface area is 336 Å². The van der Waals surface area contributed by atoms with Gasteiger partial charge in [0.05, 0.1) is 32.3 Å². The highest BCUT2D eigenvalue weighted by atomic mass is 32.1. The maximum atomic E-state index is 4.84. The van der Waals surface area contributed by atoms with E-state index in [0.717, 1.165) is 22.6 Å². The fourth-order valence-electron chi connectivity index (χ4n) is 10.0. The van der Waals surface area contributed by atoms with Crippen molar-refractivity contribution in [2.45, 2.75) is 19.3 Å². The summed E-state index contributed by atoms with van der Waals surface area (Å²) in [6, 6.07) is 58.9. The van der Waals surface area contributed by atoms with Crippen LogP contribution in [0.3, 0.4) is 0 Å². The summed E-state index contributed by atoms with van der Waals surface area (Å²) in [5, 5.41) is 7.72. The van der Waals surface area contributed by atoms with Crippen LogP contribution >= 0.6 is 22.7 Å². The third-order valence-electron chi connectivity index (χ3n) is 12.7. The Morgan fingerprint density at radius 3 is 2.14 bits per heavy atom. The Balaban J connectivity index is 1.04. The number of rotatable bonds is 4. The van der Waals surface area contributed by atoms with Crippen molar-refractivity contribution in [3.8, 4) is 22.3 Å². The monoisotopic (exact) mass is 763 g/mol. The highest BCUT2D eigenvalue weighted by Gasteiger charge is 2.36. The first-order valence-electron chi connectivity index (χ1n) is 19.5. The number of anilines is 3. The van der Waals surface area contributed by atoms with Crippen molar-refractivity contribution in [2.75, 3.05) is 4.90 Å². The first kappa shape index (κ1) is 31.7. The summed E-state index contributed by atoms with van der Waals surface area (Å²) in [5.41, 5.74) is 18.0. The molecule has 0 spiro atoms. The molecule has 13 rings (SSSR count). The van der Waals surface area contributed by atoms with Crippen molar-refractivity contribution in [3.63, 3.8) is 0 Å². The maximum absolute atomic E-state index is 4.84. The predicted molar refractivity (Wildman–Crippen MR) is 245 cm³/mol. The molecule has 8 aromatic carbocycles. The molecule has 4 heterocycles. The van der Waals surface area contributed by atoms with Crippen LogP contribution in [-0.2, 0) is 5.41 Å². The van der Waals surface area contributed by atoms with Crippen molar-refractivity contribution in [1.29, 1.82) is 0 Å². The number of benzene rings is 8. The Bertz CT molecular complexity index is 3620. The van der Waals surface area contributed by atoms with Gasteiger partial charge >= 0.3 is 0 Å². The van der Waals surface area contributed by atoms with Gasteiger partial charge in [0.15, 0.2) is 0 Å². The number of fused-ring (bicyclic) bond motifs is 14. The zero-order chi connectivity index (χ0) is 37.6. The van der Waals surface area contributed by atoms with Gasteiger partial charge < -0.3 is 9.30 Å². The minimum absolute atomic E-state index is 0.115. The zero-order valence-corrected chi connectivity index (χ0v) is 32.9. The topological polar surface area (TPSA) is 20.5 Å². The van der Waals surface area contributed by atoms with Gasteiger partial charge in [-0.15, -0.1) is 22.7 Å². The van der Waals surface area contributed by atoms with E-state index in [1.165, 1.54) is 96.3 Å². The Morgan fingerprint density at radius 2 is 1.23 bits per heavy atom. The lowest BCUT2D eigenvalue weighted by Crippen LogP contribution is -2.16. The summed E-state index contributed by atoms with van der Waals surface area (Å²) in [7, 11) is 0. The van der Waals surface area contributed by atoms with Crippen molar-refractivity contribution in [3.05, 3.63) is 174 Å². The number of thiophene rings is 1. The predicted octanol–water partition coefficient (Wildman–Crippen LogP) is 15.3. The first-order chi connectivity index (χ1) is 28.0. The smallest absolute Gasteiger partial charge is 0.0826 e. The average molecular weight is 764 g/mol. The summed E-state index contributed by atoms with van der Waals surface area (Å²) >= 11 is 3.62. The fraction of sp³-hybridized carbons (Fsp3) is 0.0577. The number of para-hydroxylation sites is 1. The van der Waals surface area contributed by atoms with E-state index in [2.05, 4.69) is 181 Å². The Hall–Kier alpha value is -6.53. The minimum atomic E-state index is -0.115. The lowest BCUT2D eigenvalue weighted by Gasteiger charge is -2.28. The Morgan fingerprint density at radius 1 is 0.526 bits per heavy atom. The molecular formula is C52H33N3S2. The number of aromatic nitrogens is 2. The molecule has 0 atom stereocenters. The van der Waals surface area contributed by atoms with E-state index in [-0.39, 0.29) is 5.41 Å². The maximum Gasteiger partial charge on any atom is 0.0826 e. The van der Waals surface area contributed by atoms with E-state index in [9.17, 15) is 0 Å². The SMILES string of the molecule is CC1(C)c2ccccc2-c2ccc(N(c3ccc(-c4cccc5c4sc4ccccc45)cc3)c3ccc4c(c3)c3c5scnc5cc5c6ccccc6n4c53)cc21. The third-order valence-corrected chi connectivity index (χ3v) is 14.7. The summed E-state index contributed by atoms with van der Waals surface area (Å²) in [5.74, 6) is 0.